The molecular weight excluding hydrogens is 270 g/mol. The summed E-state index contributed by atoms with van der Waals surface area (Å²) in [5.74, 6) is 1.91. The average molecular weight is 293 g/mol. The number of nitrogens with zero attached hydrogens (tertiary/aromatic N) is 1. The normalized spacial score (nSPS) is 21.6. The second kappa shape index (κ2) is 7.70. The zero-order valence-corrected chi connectivity index (χ0v) is 12.8. The molecule has 0 aromatic heterocycles. The van der Waals surface area contributed by atoms with E-state index in [1.165, 1.54) is 5.56 Å². The van der Waals surface area contributed by atoms with Crippen LogP contribution in [0.2, 0.25) is 0 Å². The highest BCUT2D eigenvalue weighted by atomic mass is 32.2. The lowest BCUT2D eigenvalue weighted by atomic mass is 9.97. The smallest absolute Gasteiger partial charge is 0.304 e. The maximum Gasteiger partial charge on any atom is 0.304 e. The highest BCUT2D eigenvalue weighted by Crippen LogP contribution is 2.23. The van der Waals surface area contributed by atoms with Crippen LogP contribution in [-0.4, -0.2) is 46.6 Å². The molecule has 0 radical (unpaired) electrons. The first kappa shape index (κ1) is 15.4. The molecule has 2 atom stereocenters. The van der Waals surface area contributed by atoms with Gasteiger partial charge in [-0.15, -0.1) is 0 Å². The van der Waals surface area contributed by atoms with Crippen LogP contribution in [0.3, 0.4) is 0 Å². The molecule has 4 heteroatoms. The van der Waals surface area contributed by atoms with Gasteiger partial charge in [0.25, 0.3) is 0 Å². The average Bonchev–Trinajstić information content (AvgIpc) is 2.46. The van der Waals surface area contributed by atoms with Gasteiger partial charge in [0.1, 0.15) is 0 Å². The number of hydrogen-bond acceptors (Lipinski definition) is 3. The first-order valence-electron chi connectivity index (χ1n) is 7.25. The Labute approximate surface area is 125 Å². The van der Waals surface area contributed by atoms with Crippen LogP contribution < -0.4 is 0 Å². The number of rotatable bonds is 6. The highest BCUT2D eigenvalue weighted by Gasteiger charge is 2.25. The first-order valence-corrected chi connectivity index (χ1v) is 8.41. The summed E-state index contributed by atoms with van der Waals surface area (Å²) < 4.78 is 0. The third kappa shape index (κ3) is 4.53. The lowest BCUT2D eigenvalue weighted by Crippen LogP contribution is -2.44. The summed E-state index contributed by atoms with van der Waals surface area (Å²) >= 11 is 1.87. The fourth-order valence-electron chi connectivity index (χ4n) is 2.68. The number of carboxylic acids is 1. The molecular formula is C16H23NO2S. The van der Waals surface area contributed by atoms with Gasteiger partial charge in [-0.1, -0.05) is 37.3 Å². The molecule has 1 saturated heterocycles. The zero-order chi connectivity index (χ0) is 14.4. The van der Waals surface area contributed by atoms with E-state index in [4.69, 9.17) is 5.11 Å². The number of carboxylic acid groups (broad SMARTS) is 1. The minimum atomic E-state index is -0.682. The lowest BCUT2D eigenvalue weighted by Gasteiger charge is -2.35. The summed E-state index contributed by atoms with van der Waals surface area (Å²) in [6.45, 7) is 4.26. The molecule has 0 bridgehead atoms. The van der Waals surface area contributed by atoms with Crippen LogP contribution in [0, 0.1) is 0 Å². The van der Waals surface area contributed by atoms with E-state index in [1.54, 1.807) is 0 Å². The van der Waals surface area contributed by atoms with Gasteiger partial charge in [0.2, 0.25) is 0 Å². The molecule has 0 amide bonds. The fourth-order valence-corrected chi connectivity index (χ4v) is 3.81. The van der Waals surface area contributed by atoms with Gasteiger partial charge >= 0.3 is 5.97 Å². The van der Waals surface area contributed by atoms with Gasteiger partial charge in [0.05, 0.1) is 6.42 Å². The molecule has 1 fully saturated rings. The van der Waals surface area contributed by atoms with Crippen molar-refractivity contribution in [2.24, 2.45) is 0 Å². The molecule has 0 aliphatic carbocycles. The summed E-state index contributed by atoms with van der Waals surface area (Å²) in [6.07, 6.45) is 1.36. The molecule has 1 aliphatic heterocycles. The third-order valence-electron chi connectivity index (χ3n) is 3.98. The van der Waals surface area contributed by atoms with E-state index in [2.05, 4.69) is 36.1 Å². The molecule has 2 unspecified atom stereocenters. The molecule has 0 saturated carbocycles. The Balaban J connectivity index is 1.86. The monoisotopic (exact) mass is 293 g/mol. The molecule has 0 spiro atoms. The quantitative estimate of drug-likeness (QED) is 0.875. The summed E-state index contributed by atoms with van der Waals surface area (Å²) in [5.41, 5.74) is 1.37. The van der Waals surface area contributed by atoms with E-state index in [0.717, 1.165) is 31.0 Å². The molecule has 1 aromatic carbocycles. The molecule has 1 aliphatic rings. The SMILES string of the molecule is CC(CCN1CCSCC1CC(=O)O)c1ccccc1. The molecule has 3 nitrogen and oxygen atoms in total. The summed E-state index contributed by atoms with van der Waals surface area (Å²) in [4.78, 5) is 13.3. The number of hydrogen-bond donors (Lipinski definition) is 1. The molecule has 2 rings (SSSR count). The van der Waals surface area contributed by atoms with Crippen LogP contribution in [0.1, 0.15) is 31.2 Å². The predicted octanol–water partition coefficient (Wildman–Crippen LogP) is 3.07. The van der Waals surface area contributed by atoms with Crippen molar-refractivity contribution in [1.82, 2.24) is 4.90 Å². The number of aliphatic carboxylic acids is 1. The van der Waals surface area contributed by atoms with E-state index in [-0.39, 0.29) is 12.5 Å². The van der Waals surface area contributed by atoms with Crippen molar-refractivity contribution in [2.45, 2.75) is 31.7 Å². The summed E-state index contributed by atoms with van der Waals surface area (Å²) in [7, 11) is 0. The molecule has 20 heavy (non-hydrogen) atoms. The minimum absolute atomic E-state index is 0.203. The predicted molar refractivity (Wildman–Crippen MR) is 84.4 cm³/mol. The van der Waals surface area contributed by atoms with Gasteiger partial charge in [-0.3, -0.25) is 9.69 Å². The molecule has 1 heterocycles. The number of carbonyl (C=O) groups is 1. The van der Waals surface area contributed by atoms with Crippen LogP contribution in [0.15, 0.2) is 30.3 Å². The standard InChI is InChI=1S/C16H23NO2S/c1-13(14-5-3-2-4-6-14)7-8-17-9-10-20-12-15(17)11-16(18)19/h2-6,13,15H,7-12H2,1H3,(H,18,19). The van der Waals surface area contributed by atoms with Crippen molar-refractivity contribution in [3.63, 3.8) is 0 Å². The van der Waals surface area contributed by atoms with Crippen LogP contribution >= 0.6 is 11.8 Å². The Morgan fingerprint density at radius 1 is 1.45 bits per heavy atom. The van der Waals surface area contributed by atoms with Gasteiger partial charge in [0.15, 0.2) is 0 Å². The van der Waals surface area contributed by atoms with Crippen molar-refractivity contribution in [3.8, 4) is 0 Å². The van der Waals surface area contributed by atoms with Crippen LogP contribution in [0.25, 0.3) is 0 Å². The molecule has 110 valence electrons. The molecule has 1 aromatic rings. The molecule has 1 N–H and O–H groups in total. The number of thioether (sulfide) groups is 1. The van der Waals surface area contributed by atoms with Crippen LogP contribution in [0.5, 0.6) is 0 Å². The summed E-state index contributed by atoms with van der Waals surface area (Å²) in [5, 5.41) is 9.00. The van der Waals surface area contributed by atoms with E-state index < -0.39 is 5.97 Å². The Hall–Kier alpha value is -1.00. The van der Waals surface area contributed by atoms with Crippen LogP contribution in [0.4, 0.5) is 0 Å². The second-order valence-corrected chi connectivity index (χ2v) is 6.61. The zero-order valence-electron chi connectivity index (χ0n) is 12.0. The Bertz CT molecular complexity index is 424. The first-order chi connectivity index (χ1) is 9.66. The topological polar surface area (TPSA) is 40.5 Å². The Morgan fingerprint density at radius 3 is 2.90 bits per heavy atom. The van der Waals surface area contributed by atoms with Crippen molar-refractivity contribution in [1.29, 1.82) is 0 Å². The second-order valence-electron chi connectivity index (χ2n) is 5.46. The van der Waals surface area contributed by atoms with Crippen molar-refractivity contribution in [3.05, 3.63) is 35.9 Å². The highest BCUT2D eigenvalue weighted by molar-refractivity contribution is 7.99. The van der Waals surface area contributed by atoms with E-state index in [9.17, 15) is 4.79 Å². The van der Waals surface area contributed by atoms with Crippen molar-refractivity contribution < 1.29 is 9.90 Å². The van der Waals surface area contributed by atoms with E-state index in [0.29, 0.717) is 5.92 Å². The third-order valence-corrected chi connectivity index (χ3v) is 5.07. The van der Waals surface area contributed by atoms with Crippen molar-refractivity contribution >= 4 is 17.7 Å². The van der Waals surface area contributed by atoms with Gasteiger partial charge in [-0.2, -0.15) is 11.8 Å². The van der Waals surface area contributed by atoms with Gasteiger partial charge < -0.3 is 5.11 Å². The fraction of sp³-hybridized carbons (Fsp3) is 0.562. The maximum absolute atomic E-state index is 10.9. The maximum atomic E-state index is 10.9. The Morgan fingerprint density at radius 2 is 2.20 bits per heavy atom. The van der Waals surface area contributed by atoms with E-state index >= 15 is 0 Å². The van der Waals surface area contributed by atoms with Gasteiger partial charge in [-0.25, -0.2) is 0 Å². The summed E-state index contributed by atoms with van der Waals surface area (Å²) in [6, 6.07) is 10.7. The number of benzene rings is 1. The van der Waals surface area contributed by atoms with Gasteiger partial charge in [-0.05, 0) is 24.4 Å². The van der Waals surface area contributed by atoms with Crippen molar-refractivity contribution in [2.75, 3.05) is 24.6 Å². The van der Waals surface area contributed by atoms with Crippen LogP contribution in [-0.2, 0) is 4.79 Å². The Kier molecular flexibility index (Phi) is 5.92. The van der Waals surface area contributed by atoms with Gasteiger partial charge in [0, 0.05) is 24.1 Å². The minimum Gasteiger partial charge on any atom is -0.481 e. The lowest BCUT2D eigenvalue weighted by molar-refractivity contribution is -0.138. The van der Waals surface area contributed by atoms with E-state index in [1.807, 2.05) is 17.8 Å². The largest absolute Gasteiger partial charge is 0.481 e.